The van der Waals surface area contributed by atoms with E-state index in [-0.39, 0.29) is 18.4 Å². The maximum atomic E-state index is 11.8. The van der Waals surface area contributed by atoms with E-state index in [4.69, 9.17) is 5.11 Å². The molecule has 1 unspecified atom stereocenters. The van der Waals surface area contributed by atoms with Crippen molar-refractivity contribution in [2.24, 2.45) is 0 Å². The number of ether oxygens (including phenoxy) is 1. The maximum absolute atomic E-state index is 11.8. The van der Waals surface area contributed by atoms with E-state index in [1.165, 1.54) is 0 Å². The molecule has 3 nitrogen and oxygen atoms in total. The third-order valence-electron chi connectivity index (χ3n) is 2.48. The minimum Gasteiger partial charge on any atom is -0.508 e. The van der Waals surface area contributed by atoms with Crippen molar-refractivity contribution in [1.29, 1.82) is 0 Å². The Hall–Kier alpha value is -1.27. The molecule has 0 amide bonds. The SMILES string of the molecule is CC(Cc1ccc(O)cc1)NCCOCC(F)(F)F. The third kappa shape index (κ3) is 7.69. The highest BCUT2D eigenvalue weighted by atomic mass is 19.4. The molecule has 0 saturated heterocycles. The van der Waals surface area contributed by atoms with Crippen molar-refractivity contribution in [3.63, 3.8) is 0 Å². The van der Waals surface area contributed by atoms with Crippen LogP contribution in [0.2, 0.25) is 0 Å². The van der Waals surface area contributed by atoms with E-state index in [1.54, 1.807) is 12.1 Å². The maximum Gasteiger partial charge on any atom is 0.411 e. The van der Waals surface area contributed by atoms with Crippen molar-refractivity contribution in [3.05, 3.63) is 29.8 Å². The van der Waals surface area contributed by atoms with E-state index in [1.807, 2.05) is 19.1 Å². The average Bonchev–Trinajstić information content (AvgIpc) is 2.30. The Labute approximate surface area is 110 Å². The van der Waals surface area contributed by atoms with E-state index in [0.29, 0.717) is 6.54 Å². The van der Waals surface area contributed by atoms with Crippen LogP contribution in [0.4, 0.5) is 13.2 Å². The van der Waals surface area contributed by atoms with Crippen LogP contribution in [0.15, 0.2) is 24.3 Å². The number of nitrogens with one attached hydrogen (secondary N) is 1. The Kier molecular flexibility index (Phi) is 6.11. The number of rotatable bonds is 7. The number of phenols is 1. The zero-order chi connectivity index (χ0) is 14.3. The average molecular weight is 277 g/mol. The molecule has 1 atom stereocenters. The largest absolute Gasteiger partial charge is 0.508 e. The van der Waals surface area contributed by atoms with Gasteiger partial charge in [0, 0.05) is 12.6 Å². The fourth-order valence-corrected chi connectivity index (χ4v) is 1.62. The Morgan fingerprint density at radius 2 is 1.89 bits per heavy atom. The molecule has 0 bridgehead atoms. The van der Waals surface area contributed by atoms with E-state index in [0.717, 1.165) is 12.0 Å². The van der Waals surface area contributed by atoms with E-state index < -0.39 is 12.8 Å². The highest BCUT2D eigenvalue weighted by Gasteiger charge is 2.27. The predicted molar refractivity (Wildman–Crippen MR) is 66.1 cm³/mol. The summed E-state index contributed by atoms with van der Waals surface area (Å²) in [5.74, 6) is 0.213. The topological polar surface area (TPSA) is 41.5 Å². The summed E-state index contributed by atoms with van der Waals surface area (Å²) in [7, 11) is 0. The van der Waals surface area contributed by atoms with Gasteiger partial charge in [0.2, 0.25) is 0 Å². The number of hydrogen-bond acceptors (Lipinski definition) is 3. The van der Waals surface area contributed by atoms with Crippen LogP contribution in [0.25, 0.3) is 0 Å². The Balaban J connectivity index is 2.14. The lowest BCUT2D eigenvalue weighted by Crippen LogP contribution is -2.32. The van der Waals surface area contributed by atoms with Gasteiger partial charge in [-0.1, -0.05) is 12.1 Å². The number of benzene rings is 1. The minimum atomic E-state index is -4.27. The van der Waals surface area contributed by atoms with E-state index in [9.17, 15) is 13.2 Å². The zero-order valence-electron chi connectivity index (χ0n) is 10.7. The Bertz CT molecular complexity index is 365. The van der Waals surface area contributed by atoms with Crippen molar-refractivity contribution in [1.82, 2.24) is 5.32 Å². The van der Waals surface area contributed by atoms with Crippen LogP contribution in [-0.4, -0.2) is 37.1 Å². The van der Waals surface area contributed by atoms with Gasteiger partial charge in [0.1, 0.15) is 12.4 Å². The number of hydrogen-bond donors (Lipinski definition) is 2. The summed E-state index contributed by atoms with van der Waals surface area (Å²) in [5, 5.41) is 12.2. The van der Waals surface area contributed by atoms with Gasteiger partial charge in [-0.2, -0.15) is 13.2 Å². The minimum absolute atomic E-state index is 0.0272. The summed E-state index contributed by atoms with van der Waals surface area (Å²) >= 11 is 0. The van der Waals surface area contributed by atoms with Gasteiger partial charge in [0.05, 0.1) is 6.61 Å². The number of phenolic OH excluding ortho intramolecular Hbond substituents is 1. The molecule has 1 rings (SSSR count). The van der Waals surface area contributed by atoms with Crippen molar-refractivity contribution >= 4 is 0 Å². The lowest BCUT2D eigenvalue weighted by atomic mass is 10.1. The third-order valence-corrected chi connectivity index (χ3v) is 2.48. The van der Waals surface area contributed by atoms with Crippen LogP contribution < -0.4 is 5.32 Å². The van der Waals surface area contributed by atoms with Gasteiger partial charge < -0.3 is 15.2 Å². The smallest absolute Gasteiger partial charge is 0.411 e. The molecule has 19 heavy (non-hydrogen) atoms. The molecule has 1 aromatic carbocycles. The summed E-state index contributed by atoms with van der Waals surface area (Å²) in [6.45, 7) is 1.13. The predicted octanol–water partition coefficient (Wildman–Crippen LogP) is 2.49. The summed E-state index contributed by atoms with van der Waals surface area (Å²) in [6.07, 6.45) is -3.53. The lowest BCUT2D eigenvalue weighted by molar-refractivity contribution is -0.173. The van der Waals surface area contributed by atoms with Crippen LogP contribution in [0.1, 0.15) is 12.5 Å². The summed E-state index contributed by atoms with van der Waals surface area (Å²) in [4.78, 5) is 0. The van der Waals surface area contributed by atoms with Crippen molar-refractivity contribution < 1.29 is 23.0 Å². The van der Waals surface area contributed by atoms with Gasteiger partial charge in [0.15, 0.2) is 0 Å². The van der Waals surface area contributed by atoms with Gasteiger partial charge in [0.25, 0.3) is 0 Å². The Morgan fingerprint density at radius 1 is 1.26 bits per heavy atom. The summed E-state index contributed by atoms with van der Waals surface area (Å²) in [6, 6.07) is 6.96. The number of aromatic hydroxyl groups is 1. The Morgan fingerprint density at radius 3 is 2.47 bits per heavy atom. The molecule has 0 saturated carbocycles. The fourth-order valence-electron chi connectivity index (χ4n) is 1.62. The molecule has 0 aromatic heterocycles. The van der Waals surface area contributed by atoms with Crippen molar-refractivity contribution in [2.45, 2.75) is 25.6 Å². The van der Waals surface area contributed by atoms with Crippen LogP contribution >= 0.6 is 0 Å². The quantitative estimate of drug-likeness (QED) is 0.752. The number of halogens is 3. The van der Waals surface area contributed by atoms with Gasteiger partial charge in [-0.25, -0.2) is 0 Å². The summed E-state index contributed by atoms with van der Waals surface area (Å²) in [5.41, 5.74) is 1.05. The molecule has 2 N–H and O–H groups in total. The molecule has 0 heterocycles. The zero-order valence-corrected chi connectivity index (χ0v) is 10.7. The molecule has 0 aliphatic rings. The fraction of sp³-hybridized carbons (Fsp3) is 0.538. The lowest BCUT2D eigenvalue weighted by Gasteiger charge is -2.14. The second kappa shape index (κ2) is 7.35. The second-order valence-electron chi connectivity index (χ2n) is 4.39. The van der Waals surface area contributed by atoms with Gasteiger partial charge in [-0.3, -0.25) is 0 Å². The molecule has 0 fully saturated rings. The van der Waals surface area contributed by atoms with Gasteiger partial charge >= 0.3 is 6.18 Å². The molecule has 1 aromatic rings. The molecule has 0 radical (unpaired) electrons. The molecule has 0 aliphatic heterocycles. The highest BCUT2D eigenvalue weighted by molar-refractivity contribution is 5.26. The monoisotopic (exact) mass is 277 g/mol. The van der Waals surface area contributed by atoms with Crippen molar-refractivity contribution in [3.8, 4) is 5.75 Å². The molecule has 108 valence electrons. The van der Waals surface area contributed by atoms with Crippen LogP contribution in [0.5, 0.6) is 5.75 Å². The van der Waals surface area contributed by atoms with Crippen LogP contribution in [0.3, 0.4) is 0 Å². The van der Waals surface area contributed by atoms with E-state index >= 15 is 0 Å². The summed E-state index contributed by atoms with van der Waals surface area (Å²) < 4.78 is 39.9. The molecular formula is C13H18F3NO2. The molecule has 0 aliphatic carbocycles. The first-order valence-electron chi connectivity index (χ1n) is 6.02. The first-order valence-corrected chi connectivity index (χ1v) is 6.02. The first kappa shape index (κ1) is 15.8. The number of alkyl halides is 3. The van der Waals surface area contributed by atoms with Crippen LogP contribution in [-0.2, 0) is 11.2 Å². The first-order chi connectivity index (χ1) is 8.87. The second-order valence-corrected chi connectivity index (χ2v) is 4.39. The normalized spacial score (nSPS) is 13.5. The van der Waals surface area contributed by atoms with E-state index in [2.05, 4.69) is 10.1 Å². The standard InChI is InChI=1S/C13H18F3NO2/c1-10(8-11-2-4-12(18)5-3-11)17-6-7-19-9-13(14,15)16/h2-5,10,17-18H,6-9H2,1H3. The van der Waals surface area contributed by atoms with Gasteiger partial charge in [-0.05, 0) is 31.0 Å². The molecule has 6 heteroatoms. The highest BCUT2D eigenvalue weighted by Crippen LogP contribution is 2.14. The van der Waals surface area contributed by atoms with Crippen LogP contribution in [0, 0.1) is 0 Å². The molecule has 0 spiro atoms. The van der Waals surface area contributed by atoms with Crippen molar-refractivity contribution in [2.75, 3.05) is 19.8 Å². The molecular weight excluding hydrogens is 259 g/mol. The van der Waals surface area contributed by atoms with Gasteiger partial charge in [-0.15, -0.1) is 0 Å².